The summed E-state index contributed by atoms with van der Waals surface area (Å²) in [4.78, 5) is 30.6. The van der Waals surface area contributed by atoms with Crippen LogP contribution in [-0.2, 0) is 11.8 Å². The predicted molar refractivity (Wildman–Crippen MR) is 98.5 cm³/mol. The average Bonchev–Trinajstić information content (AvgIpc) is 3.17. The lowest BCUT2D eigenvalue weighted by Gasteiger charge is -2.29. The standard InChI is InChI=1S/C19H25N5O2/c1-12(2)24(11-16-9-10-17(25)21-16)19(26)15-7-5-14(6-8-15)18-20-13(3)23(4)22-18/h5-8,12,16H,9-11H2,1-4H3,(H,21,25). The normalized spacial score (nSPS) is 16.8. The highest BCUT2D eigenvalue weighted by molar-refractivity contribution is 5.95. The maximum Gasteiger partial charge on any atom is 0.254 e. The van der Waals surface area contributed by atoms with Crippen molar-refractivity contribution in [3.05, 3.63) is 35.7 Å². The molecule has 7 heteroatoms. The Hall–Kier alpha value is -2.70. The number of hydrogen-bond donors (Lipinski definition) is 1. The third-order valence-corrected chi connectivity index (χ3v) is 4.76. The predicted octanol–water partition coefficient (Wildman–Crippen LogP) is 1.92. The topological polar surface area (TPSA) is 80.1 Å². The lowest BCUT2D eigenvalue weighted by Crippen LogP contribution is -2.45. The molecule has 1 atom stereocenters. The zero-order chi connectivity index (χ0) is 18.8. The number of aromatic nitrogens is 3. The van der Waals surface area contributed by atoms with Gasteiger partial charge in [-0.25, -0.2) is 4.98 Å². The van der Waals surface area contributed by atoms with Crippen molar-refractivity contribution in [1.82, 2.24) is 25.0 Å². The van der Waals surface area contributed by atoms with Crippen LogP contribution < -0.4 is 5.32 Å². The van der Waals surface area contributed by atoms with Gasteiger partial charge >= 0.3 is 0 Å². The highest BCUT2D eigenvalue weighted by Gasteiger charge is 2.27. The molecule has 1 unspecified atom stereocenters. The maximum absolute atomic E-state index is 12.9. The lowest BCUT2D eigenvalue weighted by atomic mass is 10.1. The Bertz CT molecular complexity index is 790. The summed E-state index contributed by atoms with van der Waals surface area (Å²) in [5.74, 6) is 1.52. The number of carbonyl (C=O) groups excluding carboxylic acids is 2. The van der Waals surface area contributed by atoms with E-state index in [1.54, 1.807) is 4.68 Å². The van der Waals surface area contributed by atoms with Gasteiger partial charge in [-0.05, 0) is 39.3 Å². The van der Waals surface area contributed by atoms with Gasteiger partial charge in [0.15, 0.2) is 5.82 Å². The molecule has 138 valence electrons. The number of nitrogens with one attached hydrogen (secondary N) is 1. The van der Waals surface area contributed by atoms with E-state index in [9.17, 15) is 9.59 Å². The highest BCUT2D eigenvalue weighted by Crippen LogP contribution is 2.19. The summed E-state index contributed by atoms with van der Waals surface area (Å²) < 4.78 is 1.73. The zero-order valence-corrected chi connectivity index (χ0v) is 15.7. The second-order valence-corrected chi connectivity index (χ2v) is 7.04. The number of aryl methyl sites for hydroxylation is 2. The molecule has 0 radical (unpaired) electrons. The van der Waals surface area contributed by atoms with Crippen LogP contribution in [0, 0.1) is 6.92 Å². The molecule has 1 N–H and O–H groups in total. The van der Waals surface area contributed by atoms with Crippen molar-refractivity contribution >= 4 is 11.8 Å². The molecule has 1 aliphatic rings. The van der Waals surface area contributed by atoms with Crippen LogP contribution in [-0.4, -0.2) is 50.1 Å². The summed E-state index contributed by atoms with van der Waals surface area (Å²) in [7, 11) is 1.85. The van der Waals surface area contributed by atoms with Crippen molar-refractivity contribution in [3.8, 4) is 11.4 Å². The summed E-state index contributed by atoms with van der Waals surface area (Å²) in [5, 5.41) is 7.30. The van der Waals surface area contributed by atoms with E-state index in [0.29, 0.717) is 24.4 Å². The molecule has 3 rings (SSSR count). The average molecular weight is 355 g/mol. The number of rotatable bonds is 5. The van der Waals surface area contributed by atoms with Crippen molar-refractivity contribution in [3.63, 3.8) is 0 Å². The van der Waals surface area contributed by atoms with Gasteiger partial charge in [-0.15, -0.1) is 0 Å². The van der Waals surface area contributed by atoms with Crippen LogP contribution >= 0.6 is 0 Å². The molecule has 26 heavy (non-hydrogen) atoms. The molecule has 0 aliphatic carbocycles. The van der Waals surface area contributed by atoms with Crippen molar-refractivity contribution in [2.45, 2.75) is 45.7 Å². The van der Waals surface area contributed by atoms with Crippen LogP contribution in [0.15, 0.2) is 24.3 Å². The lowest BCUT2D eigenvalue weighted by molar-refractivity contribution is -0.119. The second kappa shape index (κ2) is 7.27. The van der Waals surface area contributed by atoms with Crippen LogP contribution in [0.5, 0.6) is 0 Å². The first kappa shape index (κ1) is 18.1. The first-order valence-electron chi connectivity index (χ1n) is 8.93. The van der Waals surface area contributed by atoms with Gasteiger partial charge in [0.05, 0.1) is 0 Å². The summed E-state index contributed by atoms with van der Waals surface area (Å²) in [6, 6.07) is 7.46. The first-order valence-corrected chi connectivity index (χ1v) is 8.93. The number of amides is 2. The van der Waals surface area contributed by atoms with Crippen molar-refractivity contribution in [2.75, 3.05) is 6.54 Å². The molecule has 1 fully saturated rings. The van der Waals surface area contributed by atoms with Crippen molar-refractivity contribution in [1.29, 1.82) is 0 Å². The Labute approximate surface area is 153 Å². The summed E-state index contributed by atoms with van der Waals surface area (Å²) in [6.45, 7) is 6.41. The van der Waals surface area contributed by atoms with Crippen LogP contribution in [0.2, 0.25) is 0 Å². The van der Waals surface area contributed by atoms with E-state index in [-0.39, 0.29) is 23.9 Å². The van der Waals surface area contributed by atoms with Crippen LogP contribution in [0.25, 0.3) is 11.4 Å². The van der Waals surface area contributed by atoms with Crippen molar-refractivity contribution < 1.29 is 9.59 Å². The fraction of sp³-hybridized carbons (Fsp3) is 0.474. The molecule has 1 aliphatic heterocycles. The Morgan fingerprint density at radius 3 is 2.54 bits per heavy atom. The molecule has 0 saturated carbocycles. The molecular weight excluding hydrogens is 330 g/mol. The Kier molecular flexibility index (Phi) is 5.06. The van der Waals surface area contributed by atoms with Crippen LogP contribution in [0.1, 0.15) is 42.9 Å². The molecule has 2 aromatic rings. The molecule has 0 spiro atoms. The van der Waals surface area contributed by atoms with Gasteiger partial charge in [0.25, 0.3) is 5.91 Å². The van der Waals surface area contributed by atoms with Gasteiger partial charge in [0.1, 0.15) is 5.82 Å². The summed E-state index contributed by atoms with van der Waals surface area (Å²) >= 11 is 0. The molecular formula is C19H25N5O2. The second-order valence-electron chi connectivity index (χ2n) is 7.04. The number of benzene rings is 1. The van der Waals surface area contributed by atoms with E-state index < -0.39 is 0 Å². The minimum atomic E-state index is -0.0298. The number of nitrogens with zero attached hydrogens (tertiary/aromatic N) is 4. The van der Waals surface area contributed by atoms with E-state index in [4.69, 9.17) is 0 Å². The smallest absolute Gasteiger partial charge is 0.254 e. The monoisotopic (exact) mass is 355 g/mol. The molecule has 1 saturated heterocycles. The molecule has 1 aromatic heterocycles. The minimum absolute atomic E-state index is 0.0298. The Morgan fingerprint density at radius 1 is 1.35 bits per heavy atom. The van der Waals surface area contributed by atoms with Gasteiger partial charge in [0, 0.05) is 43.2 Å². The summed E-state index contributed by atoms with van der Waals surface area (Å²) in [6.07, 6.45) is 1.31. The molecule has 0 bridgehead atoms. The highest BCUT2D eigenvalue weighted by atomic mass is 16.2. The maximum atomic E-state index is 12.9. The van der Waals surface area contributed by atoms with Crippen LogP contribution in [0.3, 0.4) is 0 Å². The molecule has 2 heterocycles. The van der Waals surface area contributed by atoms with Gasteiger partial charge in [0.2, 0.25) is 5.91 Å². The zero-order valence-electron chi connectivity index (χ0n) is 15.7. The van der Waals surface area contributed by atoms with E-state index in [0.717, 1.165) is 17.8 Å². The fourth-order valence-electron chi connectivity index (χ4n) is 3.09. The van der Waals surface area contributed by atoms with Gasteiger partial charge in [-0.3, -0.25) is 14.3 Å². The summed E-state index contributed by atoms with van der Waals surface area (Å²) in [5.41, 5.74) is 1.50. The van der Waals surface area contributed by atoms with Gasteiger partial charge in [-0.1, -0.05) is 12.1 Å². The Balaban J connectivity index is 1.75. The fourth-order valence-corrected chi connectivity index (χ4v) is 3.09. The SMILES string of the molecule is Cc1nc(-c2ccc(C(=O)N(CC3CCC(=O)N3)C(C)C)cc2)nn1C. The molecule has 7 nitrogen and oxygen atoms in total. The third-order valence-electron chi connectivity index (χ3n) is 4.76. The number of carbonyl (C=O) groups is 2. The minimum Gasteiger partial charge on any atom is -0.352 e. The quantitative estimate of drug-likeness (QED) is 0.889. The molecule has 1 aromatic carbocycles. The van der Waals surface area contributed by atoms with E-state index in [1.165, 1.54) is 0 Å². The van der Waals surface area contributed by atoms with Crippen LogP contribution in [0.4, 0.5) is 0 Å². The Morgan fingerprint density at radius 2 is 2.04 bits per heavy atom. The van der Waals surface area contributed by atoms with E-state index in [2.05, 4.69) is 15.4 Å². The van der Waals surface area contributed by atoms with Crippen molar-refractivity contribution in [2.24, 2.45) is 7.05 Å². The van der Waals surface area contributed by atoms with E-state index >= 15 is 0 Å². The number of hydrogen-bond acceptors (Lipinski definition) is 4. The first-order chi connectivity index (χ1) is 12.3. The van der Waals surface area contributed by atoms with Gasteiger partial charge in [-0.2, -0.15) is 5.10 Å². The van der Waals surface area contributed by atoms with E-state index in [1.807, 2.05) is 57.0 Å². The third kappa shape index (κ3) is 3.76. The largest absolute Gasteiger partial charge is 0.352 e. The van der Waals surface area contributed by atoms with Gasteiger partial charge < -0.3 is 10.2 Å². The molecule has 2 amide bonds.